The topological polar surface area (TPSA) is 51.2 Å². The van der Waals surface area contributed by atoms with Crippen molar-refractivity contribution in [1.82, 2.24) is 0 Å². The maximum atomic E-state index is 12.4. The van der Waals surface area contributed by atoms with E-state index in [1.165, 1.54) is 0 Å². The molecule has 1 aromatic rings. The van der Waals surface area contributed by atoms with Crippen LogP contribution in [0.1, 0.15) is 15.9 Å². The number of rotatable bonds is 3. The van der Waals surface area contributed by atoms with E-state index in [2.05, 4.69) is 15.9 Å². The van der Waals surface area contributed by atoms with Crippen LogP contribution in [0.4, 0.5) is 13.2 Å². The molecule has 0 saturated heterocycles. The molecule has 18 heavy (non-hydrogen) atoms. The van der Waals surface area contributed by atoms with Crippen LogP contribution >= 0.6 is 15.9 Å². The molecule has 0 spiro atoms. The summed E-state index contributed by atoms with van der Waals surface area (Å²) in [5, 5.41) is 0. The highest BCUT2D eigenvalue weighted by atomic mass is 79.9. The minimum absolute atomic E-state index is 0.0778. The van der Waals surface area contributed by atoms with Gasteiger partial charge in [0.05, 0.1) is 5.56 Å². The van der Waals surface area contributed by atoms with E-state index in [1.54, 1.807) is 0 Å². The Morgan fingerprint density at radius 1 is 1.33 bits per heavy atom. The molecule has 0 aliphatic heterocycles. The molecule has 0 aliphatic rings. The van der Waals surface area contributed by atoms with Crippen LogP contribution in [-0.4, -0.2) is 26.2 Å². The van der Waals surface area contributed by atoms with E-state index < -0.39 is 33.1 Å². The average molecular weight is 345 g/mol. The normalized spacial score (nSPS) is 12.5. The minimum Gasteiger partial charge on any atom is -0.293 e. The fourth-order valence-electron chi connectivity index (χ4n) is 1.23. The van der Waals surface area contributed by atoms with Gasteiger partial charge in [0, 0.05) is 16.3 Å². The second-order valence-corrected chi connectivity index (χ2v) is 6.68. The molecule has 0 atom stereocenters. The van der Waals surface area contributed by atoms with Crippen LogP contribution in [0.25, 0.3) is 0 Å². The van der Waals surface area contributed by atoms with Crippen LogP contribution in [-0.2, 0) is 16.0 Å². The Morgan fingerprint density at radius 3 is 2.28 bits per heavy atom. The lowest BCUT2D eigenvalue weighted by atomic mass is 10.1. The Labute approximate surface area is 110 Å². The zero-order valence-electron chi connectivity index (χ0n) is 9.08. The number of carbonyl (C=O) groups is 1. The van der Waals surface area contributed by atoms with E-state index >= 15 is 0 Å². The first-order valence-electron chi connectivity index (χ1n) is 4.58. The second kappa shape index (κ2) is 5.00. The van der Waals surface area contributed by atoms with Gasteiger partial charge in [0.25, 0.3) is 0 Å². The second-order valence-electron chi connectivity index (χ2n) is 3.69. The van der Waals surface area contributed by atoms with Gasteiger partial charge in [-0.05, 0) is 18.2 Å². The van der Waals surface area contributed by atoms with Gasteiger partial charge >= 0.3 is 6.18 Å². The lowest BCUT2D eigenvalue weighted by molar-refractivity contribution is -0.137. The van der Waals surface area contributed by atoms with Gasteiger partial charge in [-0.15, -0.1) is 0 Å². The Morgan fingerprint density at radius 2 is 1.89 bits per heavy atom. The highest BCUT2D eigenvalue weighted by Gasteiger charge is 2.31. The SMILES string of the molecule is CS(=O)(=O)CC(=O)c1ccc(C(F)(F)F)cc1Br. The summed E-state index contributed by atoms with van der Waals surface area (Å²) in [4.78, 5) is 11.6. The maximum absolute atomic E-state index is 12.4. The lowest BCUT2D eigenvalue weighted by Crippen LogP contribution is -2.15. The first-order chi connectivity index (χ1) is 8.00. The monoisotopic (exact) mass is 344 g/mol. The Bertz CT molecular complexity index is 579. The molecule has 3 nitrogen and oxygen atoms in total. The molecule has 0 saturated carbocycles. The van der Waals surface area contributed by atoms with E-state index in [9.17, 15) is 26.4 Å². The predicted molar refractivity (Wildman–Crippen MR) is 63.2 cm³/mol. The number of ketones is 1. The quantitative estimate of drug-likeness (QED) is 0.792. The highest BCUT2D eigenvalue weighted by molar-refractivity contribution is 9.10. The summed E-state index contributed by atoms with van der Waals surface area (Å²) >= 11 is 2.83. The number of carbonyl (C=O) groups excluding carboxylic acids is 1. The van der Waals surface area contributed by atoms with E-state index in [1.807, 2.05) is 0 Å². The van der Waals surface area contributed by atoms with Crippen molar-refractivity contribution in [3.63, 3.8) is 0 Å². The van der Waals surface area contributed by atoms with Crippen LogP contribution in [0.3, 0.4) is 0 Å². The molecule has 0 bridgehead atoms. The van der Waals surface area contributed by atoms with Crippen molar-refractivity contribution < 1.29 is 26.4 Å². The number of benzene rings is 1. The van der Waals surface area contributed by atoms with Crippen molar-refractivity contribution in [1.29, 1.82) is 0 Å². The van der Waals surface area contributed by atoms with Crippen molar-refractivity contribution in [3.05, 3.63) is 33.8 Å². The van der Waals surface area contributed by atoms with Crippen LogP contribution in [0, 0.1) is 0 Å². The van der Waals surface area contributed by atoms with E-state index in [0.29, 0.717) is 0 Å². The van der Waals surface area contributed by atoms with Gasteiger partial charge in [-0.25, -0.2) is 8.42 Å². The lowest BCUT2D eigenvalue weighted by Gasteiger charge is -2.09. The third kappa shape index (κ3) is 4.09. The number of hydrogen-bond acceptors (Lipinski definition) is 3. The van der Waals surface area contributed by atoms with Crippen molar-refractivity contribution in [2.24, 2.45) is 0 Å². The zero-order valence-corrected chi connectivity index (χ0v) is 11.5. The van der Waals surface area contributed by atoms with Gasteiger partial charge in [-0.1, -0.05) is 15.9 Å². The summed E-state index contributed by atoms with van der Waals surface area (Å²) in [7, 11) is -3.52. The molecule has 8 heteroatoms. The molecule has 0 aromatic heterocycles. The standard InChI is InChI=1S/C10H8BrF3O3S/c1-18(16,17)5-9(15)7-3-2-6(4-8(7)11)10(12,13)14/h2-4H,5H2,1H3. The summed E-state index contributed by atoms with van der Waals surface area (Å²) in [5.74, 6) is -1.49. The molecule has 1 aromatic carbocycles. The van der Waals surface area contributed by atoms with Crippen LogP contribution in [0.15, 0.2) is 22.7 Å². The molecular weight excluding hydrogens is 337 g/mol. The number of Topliss-reactive ketones (excluding diaryl/α,β-unsaturated/α-hetero) is 1. The van der Waals surface area contributed by atoms with Crippen molar-refractivity contribution in [2.75, 3.05) is 12.0 Å². The van der Waals surface area contributed by atoms with Gasteiger partial charge in [0.15, 0.2) is 15.6 Å². The van der Waals surface area contributed by atoms with Crippen molar-refractivity contribution >= 4 is 31.6 Å². The zero-order chi connectivity index (χ0) is 14.1. The summed E-state index contributed by atoms with van der Waals surface area (Å²) in [6, 6.07) is 2.44. The first kappa shape index (κ1) is 15.2. The van der Waals surface area contributed by atoms with Crippen LogP contribution in [0.2, 0.25) is 0 Å². The van der Waals surface area contributed by atoms with E-state index in [0.717, 1.165) is 24.5 Å². The average Bonchev–Trinajstić information content (AvgIpc) is 2.12. The molecule has 0 heterocycles. The summed E-state index contributed by atoms with van der Waals surface area (Å²) in [6.45, 7) is 0. The Hall–Kier alpha value is -0.890. The van der Waals surface area contributed by atoms with Crippen LogP contribution < -0.4 is 0 Å². The maximum Gasteiger partial charge on any atom is 0.416 e. The summed E-state index contributed by atoms with van der Waals surface area (Å²) in [5.41, 5.74) is -1.00. The number of alkyl halides is 3. The largest absolute Gasteiger partial charge is 0.416 e. The molecule has 100 valence electrons. The van der Waals surface area contributed by atoms with Gasteiger partial charge in [0.1, 0.15) is 5.75 Å². The van der Waals surface area contributed by atoms with Crippen molar-refractivity contribution in [2.45, 2.75) is 6.18 Å². The van der Waals surface area contributed by atoms with E-state index in [4.69, 9.17) is 0 Å². The fraction of sp³-hybridized carbons (Fsp3) is 0.300. The van der Waals surface area contributed by atoms with Gasteiger partial charge in [-0.2, -0.15) is 13.2 Å². The third-order valence-electron chi connectivity index (χ3n) is 1.99. The molecule has 0 amide bonds. The molecule has 1 rings (SSSR count). The Balaban J connectivity index is 3.11. The smallest absolute Gasteiger partial charge is 0.293 e. The third-order valence-corrected chi connectivity index (χ3v) is 3.43. The highest BCUT2D eigenvalue weighted by Crippen LogP contribution is 2.32. The first-order valence-corrected chi connectivity index (χ1v) is 7.44. The number of halogens is 4. The molecule has 0 radical (unpaired) electrons. The van der Waals surface area contributed by atoms with Gasteiger partial charge < -0.3 is 0 Å². The number of sulfone groups is 1. The predicted octanol–water partition coefficient (Wildman–Crippen LogP) is 2.70. The summed E-state index contributed by atoms with van der Waals surface area (Å²) in [6.07, 6.45) is -3.64. The van der Waals surface area contributed by atoms with Gasteiger partial charge in [0.2, 0.25) is 0 Å². The minimum atomic E-state index is -4.51. The fourth-order valence-corrected chi connectivity index (χ4v) is 2.47. The molecule has 0 N–H and O–H groups in total. The molecular formula is C10H8BrF3O3S. The Kier molecular flexibility index (Phi) is 4.22. The van der Waals surface area contributed by atoms with Crippen molar-refractivity contribution in [3.8, 4) is 0 Å². The number of hydrogen-bond donors (Lipinski definition) is 0. The molecule has 0 fully saturated rings. The molecule has 0 unspecified atom stereocenters. The van der Waals surface area contributed by atoms with E-state index in [-0.39, 0.29) is 10.0 Å². The van der Waals surface area contributed by atoms with Crippen LogP contribution in [0.5, 0.6) is 0 Å². The van der Waals surface area contributed by atoms with Gasteiger partial charge in [-0.3, -0.25) is 4.79 Å². The molecule has 0 aliphatic carbocycles. The summed E-state index contributed by atoms with van der Waals surface area (Å²) < 4.78 is 58.9.